The molecular formula is C24H24F2N4O3. The molecule has 1 atom stereocenters. The van der Waals surface area contributed by atoms with E-state index in [-0.39, 0.29) is 35.1 Å². The highest BCUT2D eigenvalue weighted by Crippen LogP contribution is 2.48. The Hall–Kier alpha value is -3.33. The summed E-state index contributed by atoms with van der Waals surface area (Å²) in [5.41, 5.74) is 1.82. The summed E-state index contributed by atoms with van der Waals surface area (Å²) in [5.74, 6) is -2.32. The lowest BCUT2D eigenvalue weighted by Crippen LogP contribution is -2.67. The Kier molecular flexibility index (Phi) is 5.16. The quantitative estimate of drug-likeness (QED) is 0.552. The number of amides is 2. The van der Waals surface area contributed by atoms with Crippen molar-refractivity contribution in [2.75, 3.05) is 13.1 Å². The van der Waals surface area contributed by atoms with Gasteiger partial charge in [0, 0.05) is 42.6 Å². The molecule has 1 unspecified atom stereocenters. The van der Waals surface area contributed by atoms with Crippen LogP contribution >= 0.6 is 0 Å². The fraction of sp³-hybridized carbons (Fsp3) is 0.375. The highest BCUT2D eigenvalue weighted by Gasteiger charge is 2.54. The number of hydrogen-bond donors (Lipinski definition) is 3. The molecule has 9 heteroatoms. The summed E-state index contributed by atoms with van der Waals surface area (Å²) >= 11 is 0. The van der Waals surface area contributed by atoms with Gasteiger partial charge in [0.05, 0.1) is 6.10 Å². The Bertz CT molecular complexity index is 1240. The number of hydrogen-bond acceptors (Lipinski definition) is 4. The first-order chi connectivity index (χ1) is 15.7. The lowest BCUT2D eigenvalue weighted by Gasteiger charge is -2.58. The van der Waals surface area contributed by atoms with Crippen molar-refractivity contribution in [2.45, 2.75) is 38.3 Å². The maximum Gasteiger partial charge on any atom is 0.268 e. The third-order valence-electron chi connectivity index (χ3n) is 6.60. The first-order valence-electron chi connectivity index (χ1n) is 10.9. The number of nitrogens with one attached hydrogen (secondary N) is 2. The van der Waals surface area contributed by atoms with Crippen molar-refractivity contribution in [3.05, 3.63) is 65.0 Å². The molecule has 3 N–H and O–H groups in total. The molecule has 2 aliphatic rings. The Morgan fingerprint density at radius 1 is 1.27 bits per heavy atom. The lowest BCUT2D eigenvalue weighted by atomic mass is 9.62. The van der Waals surface area contributed by atoms with Gasteiger partial charge < -0.3 is 20.3 Å². The molecule has 3 heterocycles. The Morgan fingerprint density at radius 2 is 2.03 bits per heavy atom. The van der Waals surface area contributed by atoms with Crippen LogP contribution in [-0.4, -0.2) is 57.0 Å². The van der Waals surface area contributed by atoms with Gasteiger partial charge in [0.1, 0.15) is 29.0 Å². The molecule has 5 rings (SSSR count). The summed E-state index contributed by atoms with van der Waals surface area (Å²) in [5, 5.41) is 13.1. The van der Waals surface area contributed by atoms with Gasteiger partial charge in [0.2, 0.25) is 5.91 Å². The van der Waals surface area contributed by atoms with E-state index in [4.69, 9.17) is 0 Å². The maximum absolute atomic E-state index is 14.3. The van der Waals surface area contributed by atoms with Crippen LogP contribution in [-0.2, 0) is 11.2 Å². The number of halogens is 2. The number of aromatic nitrogens is 2. The van der Waals surface area contributed by atoms with Crippen LogP contribution < -0.4 is 5.32 Å². The maximum atomic E-state index is 14.3. The van der Waals surface area contributed by atoms with E-state index >= 15 is 0 Å². The van der Waals surface area contributed by atoms with Crippen LogP contribution in [0.5, 0.6) is 0 Å². The van der Waals surface area contributed by atoms with Gasteiger partial charge in [-0.1, -0.05) is 6.07 Å². The SMILES string of the molecule is Cc1cnc2[nH]c(C(=O)NC(Cc3ccc(F)cc3F)C(=O)N3CC4(CC(O)C4)C3)cc2c1. The van der Waals surface area contributed by atoms with Crippen LogP contribution in [0.2, 0.25) is 0 Å². The van der Waals surface area contributed by atoms with Gasteiger partial charge in [-0.3, -0.25) is 9.59 Å². The predicted octanol–water partition coefficient (Wildman–Crippen LogP) is 2.47. The Balaban J connectivity index is 1.36. The molecule has 33 heavy (non-hydrogen) atoms. The second-order valence-electron chi connectivity index (χ2n) is 9.36. The number of nitrogens with zero attached hydrogens (tertiary/aromatic N) is 2. The van der Waals surface area contributed by atoms with Crippen molar-refractivity contribution in [3.63, 3.8) is 0 Å². The summed E-state index contributed by atoms with van der Waals surface area (Å²) < 4.78 is 27.7. The largest absolute Gasteiger partial charge is 0.393 e. The van der Waals surface area contributed by atoms with Gasteiger partial charge in [-0.05, 0) is 49.1 Å². The van der Waals surface area contributed by atoms with Gasteiger partial charge in [0.15, 0.2) is 0 Å². The first-order valence-corrected chi connectivity index (χ1v) is 10.9. The Labute approximate surface area is 188 Å². The second-order valence-corrected chi connectivity index (χ2v) is 9.36. The Morgan fingerprint density at radius 3 is 2.73 bits per heavy atom. The number of aryl methyl sites for hydroxylation is 1. The third-order valence-corrected chi connectivity index (χ3v) is 6.60. The smallest absolute Gasteiger partial charge is 0.268 e. The number of rotatable bonds is 5. The summed E-state index contributed by atoms with van der Waals surface area (Å²) in [6.45, 7) is 2.89. The highest BCUT2D eigenvalue weighted by atomic mass is 19.1. The van der Waals surface area contributed by atoms with Crippen molar-refractivity contribution in [1.82, 2.24) is 20.2 Å². The topological polar surface area (TPSA) is 98.3 Å². The van der Waals surface area contributed by atoms with Crippen molar-refractivity contribution < 1.29 is 23.5 Å². The average molecular weight is 454 g/mol. The van der Waals surface area contributed by atoms with Crippen LogP contribution in [0.4, 0.5) is 8.78 Å². The zero-order valence-corrected chi connectivity index (χ0v) is 18.1. The molecule has 2 fully saturated rings. The lowest BCUT2D eigenvalue weighted by molar-refractivity contribution is -0.164. The minimum absolute atomic E-state index is 0.0501. The fourth-order valence-electron chi connectivity index (χ4n) is 4.93. The molecule has 1 aromatic carbocycles. The van der Waals surface area contributed by atoms with E-state index < -0.39 is 23.6 Å². The van der Waals surface area contributed by atoms with Gasteiger partial charge in [-0.15, -0.1) is 0 Å². The molecule has 0 bridgehead atoms. The molecule has 3 aromatic rings. The van der Waals surface area contributed by atoms with E-state index in [1.807, 2.05) is 13.0 Å². The molecule has 1 spiro atoms. The monoisotopic (exact) mass is 454 g/mol. The van der Waals surface area contributed by atoms with E-state index in [2.05, 4.69) is 15.3 Å². The number of H-pyrrole nitrogens is 1. The van der Waals surface area contributed by atoms with E-state index in [0.29, 0.717) is 31.6 Å². The van der Waals surface area contributed by atoms with Crippen LogP contribution in [0.3, 0.4) is 0 Å². The number of carbonyl (C=O) groups is 2. The number of pyridine rings is 1. The fourth-order valence-corrected chi connectivity index (χ4v) is 4.93. The molecule has 1 aliphatic heterocycles. The number of aromatic amines is 1. The van der Waals surface area contributed by atoms with Crippen LogP contribution in [0.1, 0.15) is 34.5 Å². The van der Waals surface area contributed by atoms with Crippen LogP contribution in [0.25, 0.3) is 11.0 Å². The zero-order valence-electron chi connectivity index (χ0n) is 18.1. The third kappa shape index (κ3) is 4.08. The molecule has 2 aromatic heterocycles. The number of benzene rings is 1. The minimum Gasteiger partial charge on any atom is -0.393 e. The molecule has 7 nitrogen and oxygen atoms in total. The standard InChI is InChI=1S/C24H24F2N4O3/c1-13-4-15-6-19(28-21(15)27-10-13)22(32)29-20(5-14-2-3-16(25)7-18(14)26)23(33)30-11-24(12-30)8-17(31)9-24/h2-4,6-7,10,17,20,31H,5,8-9,11-12H2,1H3,(H,27,28)(H,29,32). The van der Waals surface area contributed by atoms with Crippen molar-refractivity contribution in [3.8, 4) is 0 Å². The van der Waals surface area contributed by atoms with Crippen molar-refractivity contribution in [1.29, 1.82) is 0 Å². The van der Waals surface area contributed by atoms with Crippen LogP contribution in [0.15, 0.2) is 36.5 Å². The van der Waals surface area contributed by atoms with Gasteiger partial charge in [-0.25, -0.2) is 13.8 Å². The number of carbonyl (C=O) groups excluding carboxylic acids is 2. The van der Waals surface area contributed by atoms with Gasteiger partial charge >= 0.3 is 0 Å². The summed E-state index contributed by atoms with van der Waals surface area (Å²) in [6, 6.07) is 5.69. The zero-order chi connectivity index (χ0) is 23.3. The molecule has 0 radical (unpaired) electrons. The van der Waals surface area contributed by atoms with Crippen molar-refractivity contribution in [2.24, 2.45) is 5.41 Å². The van der Waals surface area contributed by atoms with E-state index in [1.54, 1.807) is 17.2 Å². The number of aliphatic hydroxyl groups excluding tert-OH is 1. The van der Waals surface area contributed by atoms with Crippen molar-refractivity contribution >= 4 is 22.8 Å². The van der Waals surface area contributed by atoms with Crippen LogP contribution in [0, 0.1) is 24.0 Å². The summed E-state index contributed by atoms with van der Waals surface area (Å²) in [7, 11) is 0. The number of fused-ring (bicyclic) bond motifs is 1. The first kappa shape index (κ1) is 21.5. The molecule has 1 saturated carbocycles. The highest BCUT2D eigenvalue weighted by molar-refractivity contribution is 5.99. The summed E-state index contributed by atoms with van der Waals surface area (Å²) in [6.07, 6.45) is 2.55. The van der Waals surface area contributed by atoms with E-state index in [0.717, 1.165) is 23.1 Å². The predicted molar refractivity (Wildman–Crippen MR) is 116 cm³/mol. The van der Waals surface area contributed by atoms with E-state index in [9.17, 15) is 23.5 Å². The van der Waals surface area contributed by atoms with Gasteiger partial charge in [-0.2, -0.15) is 0 Å². The van der Waals surface area contributed by atoms with Gasteiger partial charge in [0.25, 0.3) is 5.91 Å². The normalized spacial score (nSPS) is 18.1. The number of likely N-dealkylation sites (tertiary alicyclic amines) is 1. The molecule has 1 saturated heterocycles. The molecule has 172 valence electrons. The van der Waals surface area contributed by atoms with E-state index in [1.165, 1.54) is 6.07 Å². The minimum atomic E-state index is -1.03. The molecule has 2 amide bonds. The molecular weight excluding hydrogens is 430 g/mol. The summed E-state index contributed by atoms with van der Waals surface area (Å²) in [4.78, 5) is 35.0. The molecule has 1 aliphatic carbocycles. The average Bonchev–Trinajstić information content (AvgIpc) is 3.13. The number of aliphatic hydroxyl groups is 1. The second kappa shape index (κ2) is 7.91.